The summed E-state index contributed by atoms with van der Waals surface area (Å²) < 4.78 is 1.96. The Morgan fingerprint density at radius 2 is 2.16 bits per heavy atom. The molecule has 134 valence electrons. The van der Waals surface area contributed by atoms with Crippen LogP contribution in [-0.2, 0) is 6.54 Å². The molecule has 5 nitrogen and oxygen atoms in total. The van der Waals surface area contributed by atoms with Gasteiger partial charge in [0.2, 0.25) is 0 Å². The summed E-state index contributed by atoms with van der Waals surface area (Å²) in [7, 11) is 0. The van der Waals surface area contributed by atoms with Gasteiger partial charge in [0, 0.05) is 25.3 Å². The Kier molecular flexibility index (Phi) is 5.87. The summed E-state index contributed by atoms with van der Waals surface area (Å²) in [6.07, 6.45) is 5.14. The first kappa shape index (κ1) is 17.7. The van der Waals surface area contributed by atoms with Crippen molar-refractivity contribution in [2.24, 2.45) is 0 Å². The highest BCUT2D eigenvalue weighted by atomic mass is 16.2. The number of rotatable bonds is 6. The normalized spacial score (nSPS) is 18.7. The van der Waals surface area contributed by atoms with Crippen LogP contribution in [0, 0.1) is 0 Å². The Hall–Kier alpha value is -2.14. The van der Waals surface area contributed by atoms with Crippen LogP contribution in [0.15, 0.2) is 42.6 Å². The number of benzene rings is 1. The lowest BCUT2D eigenvalue weighted by atomic mass is 10.1. The minimum absolute atomic E-state index is 0.0146. The van der Waals surface area contributed by atoms with Gasteiger partial charge in [-0.2, -0.15) is 5.10 Å². The molecule has 1 fully saturated rings. The maximum Gasteiger partial charge on any atom is 0.274 e. The summed E-state index contributed by atoms with van der Waals surface area (Å²) in [6, 6.07) is 12.5. The molecule has 0 bridgehead atoms. The van der Waals surface area contributed by atoms with Gasteiger partial charge in [-0.1, -0.05) is 37.3 Å². The number of carbonyl (C=O) groups excluding carboxylic acids is 1. The van der Waals surface area contributed by atoms with Gasteiger partial charge in [-0.25, -0.2) is 0 Å². The van der Waals surface area contributed by atoms with Crippen LogP contribution in [0.2, 0.25) is 0 Å². The summed E-state index contributed by atoms with van der Waals surface area (Å²) in [5.41, 5.74) is 1.69. The van der Waals surface area contributed by atoms with Crippen LogP contribution >= 0.6 is 0 Å². The lowest BCUT2D eigenvalue weighted by Gasteiger charge is -2.28. The van der Waals surface area contributed by atoms with E-state index in [1.54, 1.807) is 0 Å². The highest BCUT2D eigenvalue weighted by molar-refractivity contribution is 5.92. The summed E-state index contributed by atoms with van der Waals surface area (Å²) >= 11 is 0. The molecular formula is C20H28N4O. The zero-order valence-corrected chi connectivity index (χ0v) is 15.2. The third-order valence-corrected chi connectivity index (χ3v) is 5.05. The number of nitrogens with zero attached hydrogens (tertiary/aromatic N) is 3. The van der Waals surface area contributed by atoms with Gasteiger partial charge in [-0.3, -0.25) is 9.48 Å². The van der Waals surface area contributed by atoms with Crippen molar-refractivity contribution in [1.82, 2.24) is 20.0 Å². The molecule has 1 N–H and O–H groups in total. The van der Waals surface area contributed by atoms with Crippen molar-refractivity contribution >= 4 is 5.91 Å². The number of hydrogen-bond acceptors (Lipinski definition) is 3. The van der Waals surface area contributed by atoms with Gasteiger partial charge in [0.05, 0.1) is 6.04 Å². The zero-order valence-electron chi connectivity index (χ0n) is 15.2. The summed E-state index contributed by atoms with van der Waals surface area (Å²) in [6.45, 7) is 6.83. The van der Waals surface area contributed by atoms with Crippen LogP contribution in [0.1, 0.15) is 55.2 Å². The number of piperidine rings is 1. The van der Waals surface area contributed by atoms with Gasteiger partial charge < -0.3 is 10.2 Å². The molecule has 1 aromatic heterocycles. The second-order valence-electron chi connectivity index (χ2n) is 6.86. The van der Waals surface area contributed by atoms with Crippen LogP contribution in [0.25, 0.3) is 0 Å². The van der Waals surface area contributed by atoms with Crippen LogP contribution < -0.4 is 5.32 Å². The number of carbonyl (C=O) groups is 1. The topological polar surface area (TPSA) is 50.2 Å². The molecule has 0 aliphatic carbocycles. The van der Waals surface area contributed by atoms with E-state index in [-0.39, 0.29) is 11.9 Å². The molecule has 1 aliphatic heterocycles. The van der Waals surface area contributed by atoms with Gasteiger partial charge in [0.1, 0.15) is 5.69 Å². The molecule has 2 unspecified atom stereocenters. The number of amides is 1. The van der Waals surface area contributed by atoms with Crippen LogP contribution in [0.3, 0.4) is 0 Å². The van der Waals surface area contributed by atoms with Gasteiger partial charge in [-0.15, -0.1) is 0 Å². The molecule has 1 saturated heterocycles. The zero-order chi connectivity index (χ0) is 17.6. The SMILES string of the molecule is CCC(C)N(Cc1ccccc1)C(=O)c1ccn(C2CCCNC2)n1. The Morgan fingerprint density at radius 1 is 1.36 bits per heavy atom. The van der Waals surface area contributed by atoms with Crippen molar-refractivity contribution in [2.75, 3.05) is 13.1 Å². The average molecular weight is 340 g/mol. The average Bonchev–Trinajstić information content (AvgIpc) is 3.17. The molecule has 1 aliphatic rings. The molecule has 2 heterocycles. The second kappa shape index (κ2) is 8.30. The van der Waals surface area contributed by atoms with Crippen molar-refractivity contribution < 1.29 is 4.79 Å². The van der Waals surface area contributed by atoms with E-state index in [0.717, 1.165) is 37.9 Å². The maximum atomic E-state index is 13.1. The van der Waals surface area contributed by atoms with Crippen molar-refractivity contribution in [3.05, 3.63) is 53.9 Å². The van der Waals surface area contributed by atoms with E-state index in [0.29, 0.717) is 18.3 Å². The maximum absolute atomic E-state index is 13.1. The van der Waals surface area contributed by atoms with Crippen LogP contribution in [0.5, 0.6) is 0 Å². The van der Waals surface area contributed by atoms with Crippen molar-refractivity contribution in [2.45, 2.75) is 51.7 Å². The van der Waals surface area contributed by atoms with E-state index >= 15 is 0 Å². The Labute approximate surface area is 150 Å². The van der Waals surface area contributed by atoms with Gasteiger partial charge in [0.25, 0.3) is 5.91 Å². The third-order valence-electron chi connectivity index (χ3n) is 5.05. The smallest absolute Gasteiger partial charge is 0.274 e. The quantitative estimate of drug-likeness (QED) is 0.878. The molecule has 0 spiro atoms. The number of hydrogen-bond donors (Lipinski definition) is 1. The lowest BCUT2D eigenvalue weighted by molar-refractivity contribution is 0.0664. The Bertz CT molecular complexity index is 676. The van der Waals surface area contributed by atoms with E-state index in [2.05, 4.69) is 36.4 Å². The molecule has 2 atom stereocenters. The first-order chi connectivity index (χ1) is 12.2. The molecule has 25 heavy (non-hydrogen) atoms. The number of aromatic nitrogens is 2. The fourth-order valence-electron chi connectivity index (χ4n) is 3.29. The minimum Gasteiger partial charge on any atom is -0.330 e. The fraction of sp³-hybridized carbons (Fsp3) is 0.500. The molecular weight excluding hydrogens is 312 g/mol. The molecule has 2 aromatic rings. The summed E-state index contributed by atoms with van der Waals surface area (Å²) in [5.74, 6) is 0.0146. The first-order valence-corrected chi connectivity index (χ1v) is 9.29. The van der Waals surface area contributed by atoms with E-state index in [4.69, 9.17) is 0 Å². The molecule has 3 rings (SSSR count). The van der Waals surface area contributed by atoms with Gasteiger partial charge >= 0.3 is 0 Å². The summed E-state index contributed by atoms with van der Waals surface area (Å²) in [5, 5.41) is 8.00. The van der Waals surface area contributed by atoms with E-state index in [1.807, 2.05) is 40.0 Å². The first-order valence-electron chi connectivity index (χ1n) is 9.29. The van der Waals surface area contributed by atoms with E-state index in [1.165, 1.54) is 0 Å². The Balaban J connectivity index is 1.76. The Morgan fingerprint density at radius 3 is 2.84 bits per heavy atom. The van der Waals surface area contributed by atoms with Gasteiger partial charge in [-0.05, 0) is 44.4 Å². The predicted molar refractivity (Wildman–Crippen MR) is 99.4 cm³/mol. The van der Waals surface area contributed by atoms with Crippen LogP contribution in [0.4, 0.5) is 0 Å². The highest BCUT2D eigenvalue weighted by Crippen LogP contribution is 2.18. The largest absolute Gasteiger partial charge is 0.330 e. The van der Waals surface area contributed by atoms with Crippen molar-refractivity contribution in [3.8, 4) is 0 Å². The summed E-state index contributed by atoms with van der Waals surface area (Å²) in [4.78, 5) is 15.0. The molecule has 1 amide bonds. The van der Waals surface area contributed by atoms with Crippen LogP contribution in [-0.4, -0.2) is 39.7 Å². The standard InChI is InChI=1S/C20H28N4O/c1-3-16(2)23(15-17-8-5-4-6-9-17)20(25)19-11-13-24(22-19)18-10-7-12-21-14-18/h4-6,8-9,11,13,16,18,21H,3,7,10,12,14-15H2,1-2H3. The molecule has 0 radical (unpaired) electrons. The second-order valence-corrected chi connectivity index (χ2v) is 6.86. The highest BCUT2D eigenvalue weighted by Gasteiger charge is 2.24. The minimum atomic E-state index is 0.0146. The third kappa shape index (κ3) is 4.28. The molecule has 0 saturated carbocycles. The van der Waals surface area contributed by atoms with E-state index < -0.39 is 0 Å². The number of nitrogens with one attached hydrogen (secondary N) is 1. The monoisotopic (exact) mass is 340 g/mol. The molecule has 1 aromatic carbocycles. The molecule has 5 heteroatoms. The fourth-order valence-corrected chi connectivity index (χ4v) is 3.29. The lowest BCUT2D eigenvalue weighted by Crippen LogP contribution is -2.38. The predicted octanol–water partition coefficient (Wildman–Crippen LogP) is 3.25. The van der Waals surface area contributed by atoms with Gasteiger partial charge in [0.15, 0.2) is 0 Å². The van der Waals surface area contributed by atoms with Crippen molar-refractivity contribution in [3.63, 3.8) is 0 Å². The van der Waals surface area contributed by atoms with E-state index in [9.17, 15) is 4.79 Å². The van der Waals surface area contributed by atoms with Crippen molar-refractivity contribution in [1.29, 1.82) is 0 Å².